The number of carbonyl (C=O) groups is 1. The van der Waals surface area contributed by atoms with Crippen molar-refractivity contribution in [3.63, 3.8) is 0 Å². The lowest BCUT2D eigenvalue weighted by Crippen LogP contribution is -2.29. The molecular weight excluding hydrogens is 226 g/mol. The number of aliphatic hydroxyl groups is 1. The van der Waals surface area contributed by atoms with Gasteiger partial charge in [0.05, 0.1) is 6.54 Å². The number of aromatic amines is 1. The normalized spacial score (nSPS) is 9.29. The quantitative estimate of drug-likeness (QED) is 0.496. The van der Waals surface area contributed by atoms with Crippen LogP contribution in [0.5, 0.6) is 0 Å². The monoisotopic (exact) mass is 237 g/mol. The molecule has 1 amide bonds. The Balaban J connectivity index is 2.79. The van der Waals surface area contributed by atoms with E-state index in [4.69, 9.17) is 5.11 Å². The molecule has 7 heteroatoms. The highest BCUT2D eigenvalue weighted by Gasteiger charge is 1.98. The third-order valence-electron chi connectivity index (χ3n) is 1.85. The summed E-state index contributed by atoms with van der Waals surface area (Å²) >= 11 is 0. The van der Waals surface area contributed by atoms with Crippen LogP contribution in [-0.2, 0) is 11.8 Å². The maximum atomic E-state index is 11.3. The zero-order valence-corrected chi connectivity index (χ0v) is 9.11. The molecule has 90 valence electrons. The van der Waals surface area contributed by atoms with Crippen LogP contribution in [0.15, 0.2) is 15.8 Å². The first-order chi connectivity index (χ1) is 8.04. The Morgan fingerprint density at radius 1 is 1.59 bits per heavy atom. The molecule has 0 bridgehead atoms. The van der Waals surface area contributed by atoms with Gasteiger partial charge in [-0.05, 0) is 0 Å². The zero-order valence-electron chi connectivity index (χ0n) is 9.11. The summed E-state index contributed by atoms with van der Waals surface area (Å²) < 4.78 is 1.19. The Bertz CT molecular complexity index is 588. The molecule has 0 radical (unpaired) electrons. The minimum Gasteiger partial charge on any atom is -0.387 e. The predicted octanol–water partition coefficient (Wildman–Crippen LogP) is -2.47. The van der Waals surface area contributed by atoms with Gasteiger partial charge < -0.3 is 15.0 Å². The molecule has 1 aromatic rings. The summed E-state index contributed by atoms with van der Waals surface area (Å²) in [6.45, 7) is -0.593. The molecule has 3 N–H and O–H groups in total. The van der Waals surface area contributed by atoms with E-state index < -0.39 is 23.8 Å². The first kappa shape index (κ1) is 12.7. The number of rotatable bonds is 2. The van der Waals surface area contributed by atoms with Crippen LogP contribution < -0.4 is 16.6 Å². The number of aryl methyl sites for hydroxylation is 1. The first-order valence-electron chi connectivity index (χ1n) is 4.71. The van der Waals surface area contributed by atoms with Gasteiger partial charge in [-0.3, -0.25) is 14.6 Å². The van der Waals surface area contributed by atoms with Crippen LogP contribution in [0.3, 0.4) is 0 Å². The Hall–Kier alpha value is -2.33. The topological polar surface area (TPSA) is 104 Å². The summed E-state index contributed by atoms with van der Waals surface area (Å²) in [5.74, 6) is 4.49. The lowest BCUT2D eigenvalue weighted by molar-refractivity contribution is -0.123. The van der Waals surface area contributed by atoms with E-state index in [2.05, 4.69) is 22.1 Å². The predicted molar refractivity (Wildman–Crippen MR) is 59.3 cm³/mol. The number of hydrogen-bond donors (Lipinski definition) is 3. The van der Waals surface area contributed by atoms with Gasteiger partial charge in [-0.2, -0.15) is 0 Å². The van der Waals surface area contributed by atoms with Crippen molar-refractivity contribution in [1.82, 2.24) is 14.9 Å². The van der Waals surface area contributed by atoms with Gasteiger partial charge in [-0.25, -0.2) is 4.79 Å². The molecule has 1 heterocycles. The lowest BCUT2D eigenvalue weighted by atomic mass is 10.3. The van der Waals surface area contributed by atoms with Gasteiger partial charge >= 0.3 is 5.69 Å². The molecule has 1 rings (SSSR count). The second kappa shape index (κ2) is 5.67. The van der Waals surface area contributed by atoms with E-state index in [-0.39, 0.29) is 12.1 Å². The van der Waals surface area contributed by atoms with Crippen LogP contribution >= 0.6 is 0 Å². The first-order valence-corrected chi connectivity index (χ1v) is 4.71. The smallest absolute Gasteiger partial charge is 0.328 e. The molecule has 0 atom stereocenters. The van der Waals surface area contributed by atoms with Crippen molar-refractivity contribution in [2.24, 2.45) is 7.05 Å². The number of hydrogen-bond acceptors (Lipinski definition) is 4. The van der Waals surface area contributed by atoms with Crippen LogP contribution in [0.1, 0.15) is 5.56 Å². The molecule has 0 spiro atoms. The van der Waals surface area contributed by atoms with Crippen molar-refractivity contribution in [3.05, 3.63) is 32.6 Å². The van der Waals surface area contributed by atoms with Crippen LogP contribution in [0.25, 0.3) is 0 Å². The van der Waals surface area contributed by atoms with Gasteiger partial charge in [0, 0.05) is 13.2 Å². The van der Waals surface area contributed by atoms with Crippen LogP contribution in [-0.4, -0.2) is 33.7 Å². The fourth-order valence-corrected chi connectivity index (χ4v) is 0.991. The van der Waals surface area contributed by atoms with Crippen molar-refractivity contribution in [2.45, 2.75) is 0 Å². The van der Waals surface area contributed by atoms with Crippen molar-refractivity contribution < 1.29 is 9.90 Å². The van der Waals surface area contributed by atoms with Crippen LogP contribution in [0, 0.1) is 11.8 Å². The molecule has 17 heavy (non-hydrogen) atoms. The summed E-state index contributed by atoms with van der Waals surface area (Å²) in [6, 6.07) is 0. The SMILES string of the molecule is Cn1cc(C#CCNC(=O)CO)c(=O)[nH]c1=O. The van der Waals surface area contributed by atoms with Crippen molar-refractivity contribution >= 4 is 5.91 Å². The Morgan fingerprint density at radius 3 is 2.94 bits per heavy atom. The highest BCUT2D eigenvalue weighted by Crippen LogP contribution is 1.81. The highest BCUT2D eigenvalue weighted by molar-refractivity contribution is 5.77. The van der Waals surface area contributed by atoms with Crippen molar-refractivity contribution in [1.29, 1.82) is 0 Å². The van der Waals surface area contributed by atoms with Crippen molar-refractivity contribution in [2.75, 3.05) is 13.2 Å². The summed E-state index contributed by atoms with van der Waals surface area (Å²) in [5, 5.41) is 10.7. The second-order valence-electron chi connectivity index (χ2n) is 3.15. The molecule has 0 saturated heterocycles. The van der Waals surface area contributed by atoms with E-state index in [1.807, 2.05) is 0 Å². The second-order valence-corrected chi connectivity index (χ2v) is 3.15. The fraction of sp³-hybridized carbons (Fsp3) is 0.300. The molecule has 0 fully saturated rings. The fourth-order valence-electron chi connectivity index (χ4n) is 0.991. The zero-order chi connectivity index (χ0) is 12.8. The minimum atomic E-state index is -0.609. The highest BCUT2D eigenvalue weighted by atomic mass is 16.3. The van der Waals surface area contributed by atoms with E-state index in [1.54, 1.807) is 0 Å². The molecule has 0 aliphatic heterocycles. The van der Waals surface area contributed by atoms with Gasteiger partial charge in [-0.1, -0.05) is 11.8 Å². The average Bonchev–Trinajstić information content (AvgIpc) is 2.30. The van der Waals surface area contributed by atoms with E-state index >= 15 is 0 Å². The largest absolute Gasteiger partial charge is 0.387 e. The number of amides is 1. The van der Waals surface area contributed by atoms with Gasteiger partial charge in [-0.15, -0.1) is 0 Å². The number of nitrogens with one attached hydrogen (secondary N) is 2. The van der Waals surface area contributed by atoms with Crippen LogP contribution in [0.2, 0.25) is 0 Å². The molecule has 0 aliphatic carbocycles. The van der Waals surface area contributed by atoms with Crippen LogP contribution in [0.4, 0.5) is 0 Å². The van der Waals surface area contributed by atoms with Gasteiger partial charge in [0.25, 0.3) is 5.56 Å². The van der Waals surface area contributed by atoms with E-state index in [0.717, 1.165) is 0 Å². The van der Waals surface area contributed by atoms with Crippen molar-refractivity contribution in [3.8, 4) is 11.8 Å². The molecule has 0 saturated carbocycles. The molecule has 7 nitrogen and oxygen atoms in total. The summed E-state index contributed by atoms with van der Waals surface area (Å²) in [6.07, 6.45) is 1.31. The Labute approximate surface area is 96.1 Å². The number of carbonyl (C=O) groups excluding carboxylic acids is 1. The number of aromatic nitrogens is 2. The number of H-pyrrole nitrogens is 1. The molecule has 1 aromatic heterocycles. The Kier molecular flexibility index (Phi) is 4.25. The Morgan fingerprint density at radius 2 is 2.29 bits per heavy atom. The number of nitrogens with zero attached hydrogens (tertiary/aromatic N) is 1. The molecule has 0 unspecified atom stereocenters. The number of aliphatic hydroxyl groups excluding tert-OH is 1. The molecular formula is C10H11N3O4. The van der Waals surface area contributed by atoms with E-state index in [1.165, 1.54) is 17.8 Å². The molecule has 0 aromatic carbocycles. The lowest BCUT2D eigenvalue weighted by Gasteiger charge is -1.96. The average molecular weight is 237 g/mol. The maximum Gasteiger partial charge on any atom is 0.328 e. The molecule has 0 aliphatic rings. The third kappa shape index (κ3) is 3.62. The van der Waals surface area contributed by atoms with E-state index in [0.29, 0.717) is 0 Å². The van der Waals surface area contributed by atoms with Gasteiger partial charge in [0.15, 0.2) is 0 Å². The standard InChI is InChI=1S/C10H11N3O4/c1-13-5-7(9(16)12-10(13)17)3-2-4-11-8(15)6-14/h5,14H,4,6H2,1H3,(H,11,15)(H,12,16,17). The summed E-state index contributed by atoms with van der Waals surface area (Å²) in [5.41, 5.74) is -0.964. The van der Waals surface area contributed by atoms with E-state index in [9.17, 15) is 14.4 Å². The summed E-state index contributed by atoms with van der Waals surface area (Å²) in [4.78, 5) is 35.0. The van der Waals surface area contributed by atoms with Gasteiger partial charge in [0.2, 0.25) is 5.91 Å². The van der Waals surface area contributed by atoms with Gasteiger partial charge in [0.1, 0.15) is 12.2 Å². The maximum absolute atomic E-state index is 11.3. The third-order valence-corrected chi connectivity index (χ3v) is 1.85. The summed E-state index contributed by atoms with van der Waals surface area (Å²) in [7, 11) is 1.48. The minimum absolute atomic E-state index is 0.0155.